The summed E-state index contributed by atoms with van der Waals surface area (Å²) < 4.78 is 11.6. The smallest absolute Gasteiger partial charge is 0.312 e. The molecule has 0 aliphatic carbocycles. The van der Waals surface area contributed by atoms with E-state index in [1.165, 1.54) is 0 Å². The van der Waals surface area contributed by atoms with Gasteiger partial charge in [-0.05, 0) is 39.5 Å². The lowest BCUT2D eigenvalue weighted by Gasteiger charge is -2.38. The van der Waals surface area contributed by atoms with Crippen LogP contribution in [0, 0.1) is 11.8 Å². The molecule has 3 rings (SSSR count). The largest absolute Gasteiger partial charge is 0.466 e. The molecule has 3 aliphatic heterocycles. The highest BCUT2D eigenvalue weighted by atomic mass is 16.6. The zero-order chi connectivity index (χ0) is 22.8. The number of carbonyl (C=O) groups excluding carboxylic acids is 3. The van der Waals surface area contributed by atoms with E-state index < -0.39 is 35.6 Å². The minimum absolute atomic E-state index is 0.0137. The van der Waals surface area contributed by atoms with E-state index in [0.29, 0.717) is 25.8 Å². The number of amides is 2. The van der Waals surface area contributed by atoms with Crippen LogP contribution in [0.25, 0.3) is 0 Å². The normalized spacial score (nSPS) is 32.1. The number of nitrogens with zero attached hydrogens (tertiary/aromatic N) is 2. The molecule has 2 amide bonds. The number of aliphatic hydroxyl groups is 1. The summed E-state index contributed by atoms with van der Waals surface area (Å²) in [5.41, 5.74) is -1.02. The number of esters is 1. The van der Waals surface area contributed by atoms with Crippen LogP contribution in [0.1, 0.15) is 52.9 Å². The van der Waals surface area contributed by atoms with Crippen LogP contribution in [-0.2, 0) is 23.9 Å². The molecule has 6 atom stereocenters. The first-order chi connectivity index (χ1) is 14.9. The van der Waals surface area contributed by atoms with Crippen molar-refractivity contribution < 1.29 is 29.0 Å². The molecule has 0 aromatic rings. The van der Waals surface area contributed by atoms with Gasteiger partial charge < -0.3 is 24.4 Å². The fourth-order valence-electron chi connectivity index (χ4n) is 5.78. The molecule has 0 saturated carbocycles. The number of hydrogen-bond acceptors (Lipinski definition) is 6. The first-order valence-corrected chi connectivity index (χ1v) is 11.5. The maximum Gasteiger partial charge on any atom is 0.312 e. The first-order valence-electron chi connectivity index (χ1n) is 11.5. The van der Waals surface area contributed by atoms with E-state index in [1.807, 2.05) is 6.92 Å². The fourth-order valence-corrected chi connectivity index (χ4v) is 5.78. The van der Waals surface area contributed by atoms with Crippen molar-refractivity contribution in [3.63, 3.8) is 0 Å². The maximum atomic E-state index is 13.9. The second-order valence-corrected chi connectivity index (χ2v) is 8.83. The molecule has 1 N–H and O–H groups in total. The van der Waals surface area contributed by atoms with Crippen LogP contribution in [0.4, 0.5) is 0 Å². The van der Waals surface area contributed by atoms with Gasteiger partial charge in [0, 0.05) is 25.7 Å². The molecular formula is C23H36N2O6. The third kappa shape index (κ3) is 3.89. The number of hydrogen-bond donors (Lipinski definition) is 1. The monoisotopic (exact) mass is 436 g/mol. The van der Waals surface area contributed by atoms with Crippen molar-refractivity contribution in [2.75, 3.05) is 26.3 Å². The van der Waals surface area contributed by atoms with Gasteiger partial charge in [-0.25, -0.2) is 0 Å². The zero-order valence-corrected chi connectivity index (χ0v) is 18.9. The summed E-state index contributed by atoms with van der Waals surface area (Å²) in [4.78, 5) is 43.5. The lowest BCUT2D eigenvalue weighted by Crippen LogP contribution is -2.58. The average Bonchev–Trinajstić information content (AvgIpc) is 3.37. The number of carbonyl (C=O) groups is 3. The standard InChI is InChI=1S/C23H36N2O6/c1-5-9-15(4)24(12-6-2)21(28)19-23-11-10-16(31-23)17(22(29)30-7-3)18(23)20(27)25(19)13-8-14-26/h6,15-19,26H,2,5,7-14H2,1,3-4H3/t15?,16-,17+,18+,19?,23?/m1/s1. The number of likely N-dealkylation sites (tertiary alicyclic amines) is 1. The van der Waals surface area contributed by atoms with E-state index in [2.05, 4.69) is 13.5 Å². The Bertz CT molecular complexity index is 712. The molecule has 3 heterocycles. The molecule has 3 aliphatic rings. The highest BCUT2D eigenvalue weighted by Gasteiger charge is 2.75. The van der Waals surface area contributed by atoms with Crippen molar-refractivity contribution >= 4 is 17.8 Å². The summed E-state index contributed by atoms with van der Waals surface area (Å²) in [7, 11) is 0. The predicted molar refractivity (Wildman–Crippen MR) is 114 cm³/mol. The van der Waals surface area contributed by atoms with Gasteiger partial charge in [-0.1, -0.05) is 19.4 Å². The quantitative estimate of drug-likeness (QED) is 0.390. The topological polar surface area (TPSA) is 96.4 Å². The van der Waals surface area contributed by atoms with Crippen LogP contribution in [0.2, 0.25) is 0 Å². The van der Waals surface area contributed by atoms with Crippen LogP contribution in [-0.4, -0.2) is 82.8 Å². The third-order valence-electron chi connectivity index (χ3n) is 7.00. The second-order valence-electron chi connectivity index (χ2n) is 8.83. The molecular weight excluding hydrogens is 400 g/mol. The Labute approximate surface area is 184 Å². The summed E-state index contributed by atoms with van der Waals surface area (Å²) in [5.74, 6) is -2.24. The Morgan fingerprint density at radius 2 is 2.19 bits per heavy atom. The Kier molecular flexibility index (Phi) is 7.42. The predicted octanol–water partition coefficient (Wildman–Crippen LogP) is 1.51. The van der Waals surface area contributed by atoms with Crippen molar-refractivity contribution in [3.8, 4) is 0 Å². The first kappa shape index (κ1) is 23.7. The van der Waals surface area contributed by atoms with Crippen molar-refractivity contribution in [2.24, 2.45) is 11.8 Å². The van der Waals surface area contributed by atoms with Crippen molar-refractivity contribution in [1.29, 1.82) is 0 Å². The van der Waals surface area contributed by atoms with Crippen molar-refractivity contribution in [1.82, 2.24) is 9.80 Å². The summed E-state index contributed by atoms with van der Waals surface area (Å²) in [5, 5.41) is 9.38. The SMILES string of the molecule is C=CCN(C(=O)C1N(CCCO)C(=O)[C@@H]2[C@@H](C(=O)OCC)[C@H]3CCC12O3)C(C)CCC. The highest BCUT2D eigenvalue weighted by Crippen LogP contribution is 2.58. The van der Waals surface area contributed by atoms with Gasteiger partial charge in [0.05, 0.1) is 24.5 Å². The molecule has 8 nitrogen and oxygen atoms in total. The lowest BCUT2D eigenvalue weighted by molar-refractivity contribution is -0.155. The molecule has 2 bridgehead atoms. The minimum atomic E-state index is -1.02. The molecule has 3 unspecified atom stereocenters. The van der Waals surface area contributed by atoms with E-state index >= 15 is 0 Å². The van der Waals surface area contributed by atoms with Crippen LogP contribution in [0.3, 0.4) is 0 Å². The summed E-state index contributed by atoms with van der Waals surface area (Å²) in [6, 6.07) is -0.819. The molecule has 3 fully saturated rings. The summed E-state index contributed by atoms with van der Waals surface area (Å²) >= 11 is 0. The second kappa shape index (κ2) is 9.69. The van der Waals surface area contributed by atoms with Crippen LogP contribution in [0.5, 0.6) is 0 Å². The van der Waals surface area contributed by atoms with Gasteiger partial charge in [-0.15, -0.1) is 6.58 Å². The van der Waals surface area contributed by atoms with Gasteiger partial charge in [0.2, 0.25) is 11.8 Å². The van der Waals surface area contributed by atoms with Crippen LogP contribution >= 0.6 is 0 Å². The molecule has 0 radical (unpaired) electrons. The van der Waals surface area contributed by atoms with Gasteiger partial charge >= 0.3 is 5.97 Å². The molecule has 0 aromatic heterocycles. The number of fused-ring (bicyclic) bond motifs is 1. The average molecular weight is 437 g/mol. The summed E-state index contributed by atoms with van der Waals surface area (Å²) in [6.07, 6.45) is 4.60. The Balaban J connectivity index is 2.00. The van der Waals surface area contributed by atoms with Crippen molar-refractivity contribution in [2.45, 2.75) is 76.7 Å². The van der Waals surface area contributed by atoms with E-state index in [-0.39, 0.29) is 37.6 Å². The number of ether oxygens (including phenoxy) is 2. The van der Waals surface area contributed by atoms with Crippen LogP contribution < -0.4 is 0 Å². The van der Waals surface area contributed by atoms with E-state index in [1.54, 1.807) is 22.8 Å². The molecule has 8 heteroatoms. The van der Waals surface area contributed by atoms with Gasteiger partial charge in [-0.3, -0.25) is 14.4 Å². The third-order valence-corrected chi connectivity index (χ3v) is 7.00. The minimum Gasteiger partial charge on any atom is -0.466 e. The van der Waals surface area contributed by atoms with Crippen LogP contribution in [0.15, 0.2) is 12.7 Å². The number of aliphatic hydroxyl groups excluding tert-OH is 1. The van der Waals surface area contributed by atoms with Gasteiger partial charge in [0.15, 0.2) is 0 Å². The molecule has 3 saturated heterocycles. The van der Waals surface area contributed by atoms with Gasteiger partial charge in [0.25, 0.3) is 0 Å². The molecule has 1 spiro atoms. The Morgan fingerprint density at radius 3 is 2.81 bits per heavy atom. The Morgan fingerprint density at radius 1 is 1.45 bits per heavy atom. The molecule has 31 heavy (non-hydrogen) atoms. The van der Waals surface area contributed by atoms with E-state index in [9.17, 15) is 19.5 Å². The Hall–Kier alpha value is -1.93. The molecule has 174 valence electrons. The fraction of sp³-hybridized carbons (Fsp3) is 0.783. The summed E-state index contributed by atoms with van der Waals surface area (Å²) in [6.45, 7) is 10.4. The van der Waals surface area contributed by atoms with Gasteiger partial charge in [0.1, 0.15) is 11.6 Å². The maximum absolute atomic E-state index is 13.9. The van der Waals surface area contributed by atoms with Crippen molar-refractivity contribution in [3.05, 3.63) is 12.7 Å². The van der Waals surface area contributed by atoms with E-state index in [0.717, 1.165) is 12.8 Å². The zero-order valence-electron chi connectivity index (χ0n) is 18.9. The van der Waals surface area contributed by atoms with E-state index in [4.69, 9.17) is 9.47 Å². The lowest BCUT2D eigenvalue weighted by atomic mass is 9.70. The van der Waals surface area contributed by atoms with Gasteiger partial charge in [-0.2, -0.15) is 0 Å². The number of rotatable bonds is 11. The molecule has 0 aromatic carbocycles. The highest BCUT2D eigenvalue weighted by molar-refractivity contribution is 5.98.